The number of aromatic nitrogens is 1. The Kier molecular flexibility index (Phi) is 8.05. The minimum Gasteiger partial charge on any atom is -0.508 e. The number of nitrogens with two attached hydrogens (primary N) is 1. The number of phenolic OH excluding ortho intramolecular Hbond substituents is 1. The average Bonchev–Trinajstić information content (AvgIpc) is 3.21. The van der Waals surface area contributed by atoms with Crippen molar-refractivity contribution in [2.75, 3.05) is 0 Å². The van der Waals surface area contributed by atoms with Crippen molar-refractivity contribution in [3.63, 3.8) is 0 Å². The van der Waals surface area contributed by atoms with Crippen LogP contribution >= 0.6 is 0 Å². The number of carbonyl (C=O) groups excluding carboxylic acids is 2. The first kappa shape index (κ1) is 25.2. The number of carboxylic acids is 2. The van der Waals surface area contributed by atoms with Gasteiger partial charge in [0.05, 0.1) is 12.5 Å². The molecule has 3 rings (SSSR count). The molecule has 0 bridgehead atoms. The van der Waals surface area contributed by atoms with Gasteiger partial charge in [-0.25, -0.2) is 4.79 Å². The number of benzene rings is 2. The van der Waals surface area contributed by atoms with Crippen LogP contribution in [0.25, 0.3) is 10.9 Å². The number of hydrogen-bond acceptors (Lipinski definition) is 6. The molecule has 0 radical (unpaired) electrons. The van der Waals surface area contributed by atoms with Crippen LogP contribution in [0.5, 0.6) is 5.75 Å². The number of aromatic hydroxyl groups is 1. The highest BCUT2D eigenvalue weighted by molar-refractivity contribution is 5.93. The van der Waals surface area contributed by atoms with Gasteiger partial charge in [0.15, 0.2) is 0 Å². The number of amides is 2. The first-order chi connectivity index (χ1) is 16.6. The summed E-state index contributed by atoms with van der Waals surface area (Å²) < 4.78 is 0. The second kappa shape index (κ2) is 11.2. The van der Waals surface area contributed by atoms with E-state index in [0.717, 1.165) is 16.5 Å². The SMILES string of the molecule is NC(Cc1c[nH]c2ccccc12)C(=O)NC(Cc1ccc(O)cc1)C(=O)NC(CC(=O)O)C(=O)O. The zero-order chi connectivity index (χ0) is 25.5. The summed E-state index contributed by atoms with van der Waals surface area (Å²) in [6, 6.07) is 9.46. The maximum atomic E-state index is 12.9. The molecule has 0 spiro atoms. The number of carbonyl (C=O) groups is 4. The number of phenols is 1. The van der Waals surface area contributed by atoms with Gasteiger partial charge in [-0.15, -0.1) is 0 Å². The molecule has 35 heavy (non-hydrogen) atoms. The summed E-state index contributed by atoms with van der Waals surface area (Å²) in [6.07, 6.45) is 1.06. The van der Waals surface area contributed by atoms with Crippen LogP contribution in [0.1, 0.15) is 17.5 Å². The van der Waals surface area contributed by atoms with Crippen molar-refractivity contribution in [3.05, 3.63) is 65.9 Å². The molecule has 11 heteroatoms. The third-order valence-electron chi connectivity index (χ3n) is 5.45. The Hall–Kier alpha value is -4.38. The molecule has 0 aliphatic heterocycles. The number of hydrogen-bond donors (Lipinski definition) is 7. The number of carboxylic acid groups (broad SMARTS) is 2. The maximum absolute atomic E-state index is 12.9. The zero-order valence-corrected chi connectivity index (χ0v) is 18.6. The summed E-state index contributed by atoms with van der Waals surface area (Å²) in [6.45, 7) is 0. The number of para-hydroxylation sites is 1. The minimum atomic E-state index is -1.68. The lowest BCUT2D eigenvalue weighted by Gasteiger charge is -2.22. The monoisotopic (exact) mass is 482 g/mol. The van der Waals surface area contributed by atoms with Gasteiger partial charge in [-0.2, -0.15) is 0 Å². The highest BCUT2D eigenvalue weighted by Gasteiger charge is 2.29. The molecular formula is C24H26N4O7. The molecule has 1 heterocycles. The van der Waals surface area contributed by atoms with Crippen molar-refractivity contribution >= 4 is 34.7 Å². The summed E-state index contributed by atoms with van der Waals surface area (Å²) in [5, 5.41) is 33.3. The molecule has 3 unspecified atom stereocenters. The van der Waals surface area contributed by atoms with Crippen LogP contribution in [-0.4, -0.2) is 62.2 Å². The molecule has 0 saturated heterocycles. The molecule has 184 valence electrons. The molecule has 11 nitrogen and oxygen atoms in total. The van der Waals surface area contributed by atoms with E-state index in [1.165, 1.54) is 12.1 Å². The fourth-order valence-electron chi connectivity index (χ4n) is 3.63. The summed E-state index contributed by atoms with van der Waals surface area (Å²) in [5.74, 6) is -4.44. The van der Waals surface area contributed by atoms with Gasteiger partial charge in [0.1, 0.15) is 17.8 Å². The van der Waals surface area contributed by atoms with Crippen molar-refractivity contribution in [1.82, 2.24) is 15.6 Å². The van der Waals surface area contributed by atoms with Gasteiger partial charge in [-0.05, 0) is 35.7 Å². The molecule has 2 amide bonds. The zero-order valence-electron chi connectivity index (χ0n) is 18.6. The van der Waals surface area contributed by atoms with Crippen LogP contribution in [0.4, 0.5) is 0 Å². The lowest BCUT2D eigenvalue weighted by atomic mass is 10.0. The van der Waals surface area contributed by atoms with Crippen molar-refractivity contribution in [3.8, 4) is 5.75 Å². The quantitative estimate of drug-likeness (QED) is 0.205. The Morgan fingerprint density at radius 3 is 2.20 bits per heavy atom. The molecule has 3 atom stereocenters. The van der Waals surface area contributed by atoms with E-state index in [1.807, 2.05) is 24.3 Å². The number of aromatic amines is 1. The van der Waals surface area contributed by atoms with Crippen molar-refractivity contribution in [2.45, 2.75) is 37.4 Å². The van der Waals surface area contributed by atoms with E-state index in [1.54, 1.807) is 18.3 Å². The average molecular weight is 482 g/mol. The summed E-state index contributed by atoms with van der Waals surface area (Å²) >= 11 is 0. The van der Waals surface area contributed by atoms with E-state index in [0.29, 0.717) is 5.56 Å². The van der Waals surface area contributed by atoms with Crippen molar-refractivity contribution in [2.24, 2.45) is 5.73 Å². The Morgan fingerprint density at radius 1 is 0.886 bits per heavy atom. The highest BCUT2D eigenvalue weighted by Crippen LogP contribution is 2.19. The van der Waals surface area contributed by atoms with Crippen LogP contribution in [0.15, 0.2) is 54.7 Å². The van der Waals surface area contributed by atoms with E-state index in [9.17, 15) is 29.4 Å². The smallest absolute Gasteiger partial charge is 0.326 e. The van der Waals surface area contributed by atoms with Crippen LogP contribution < -0.4 is 16.4 Å². The van der Waals surface area contributed by atoms with Crippen molar-refractivity contribution < 1.29 is 34.5 Å². The minimum absolute atomic E-state index is 0.00642. The summed E-state index contributed by atoms with van der Waals surface area (Å²) in [7, 11) is 0. The van der Waals surface area contributed by atoms with E-state index >= 15 is 0 Å². The molecule has 0 fully saturated rings. The van der Waals surface area contributed by atoms with Gasteiger partial charge in [-0.3, -0.25) is 14.4 Å². The fraction of sp³-hybridized carbons (Fsp3) is 0.250. The first-order valence-electron chi connectivity index (χ1n) is 10.8. The van der Waals surface area contributed by atoms with Gasteiger partial charge in [-0.1, -0.05) is 30.3 Å². The van der Waals surface area contributed by atoms with Gasteiger partial charge < -0.3 is 36.7 Å². The summed E-state index contributed by atoms with van der Waals surface area (Å²) in [5.41, 5.74) is 8.38. The molecule has 2 aromatic carbocycles. The Balaban J connectivity index is 1.75. The summed E-state index contributed by atoms with van der Waals surface area (Å²) in [4.78, 5) is 51.2. The van der Waals surface area contributed by atoms with E-state index in [2.05, 4.69) is 15.6 Å². The van der Waals surface area contributed by atoms with E-state index < -0.39 is 48.3 Å². The van der Waals surface area contributed by atoms with Crippen LogP contribution in [0.3, 0.4) is 0 Å². The molecule has 0 aliphatic rings. The van der Waals surface area contributed by atoms with Crippen LogP contribution in [-0.2, 0) is 32.0 Å². The molecular weight excluding hydrogens is 456 g/mol. The van der Waals surface area contributed by atoms with Crippen LogP contribution in [0, 0.1) is 0 Å². The predicted molar refractivity (Wildman–Crippen MR) is 126 cm³/mol. The largest absolute Gasteiger partial charge is 0.508 e. The second-order valence-electron chi connectivity index (χ2n) is 8.10. The molecule has 0 aliphatic carbocycles. The van der Waals surface area contributed by atoms with Gasteiger partial charge in [0, 0.05) is 23.5 Å². The fourth-order valence-corrected chi connectivity index (χ4v) is 3.63. The number of rotatable bonds is 11. The lowest BCUT2D eigenvalue weighted by molar-refractivity contribution is -0.147. The molecule has 1 aromatic heterocycles. The third-order valence-corrected chi connectivity index (χ3v) is 5.45. The molecule has 3 aromatic rings. The van der Waals surface area contributed by atoms with Crippen LogP contribution in [0.2, 0.25) is 0 Å². The number of nitrogens with one attached hydrogen (secondary N) is 3. The predicted octanol–water partition coefficient (Wildman–Crippen LogP) is 0.515. The van der Waals surface area contributed by atoms with Gasteiger partial charge >= 0.3 is 11.9 Å². The normalized spacial score (nSPS) is 13.5. The number of fused-ring (bicyclic) bond motifs is 1. The number of aliphatic carboxylic acids is 2. The highest BCUT2D eigenvalue weighted by atomic mass is 16.4. The number of H-pyrrole nitrogens is 1. The standard InChI is InChI=1S/C24H26N4O7/c25-17(10-14-12-26-18-4-2-1-3-16(14)18)22(32)27-19(9-13-5-7-15(29)8-6-13)23(33)28-20(24(34)35)11-21(30)31/h1-8,12,17,19-20,26,29H,9-11,25H2,(H,27,32)(H,28,33)(H,30,31)(H,34,35). The lowest BCUT2D eigenvalue weighted by Crippen LogP contribution is -2.55. The first-order valence-corrected chi connectivity index (χ1v) is 10.8. The molecule has 0 saturated carbocycles. The third kappa shape index (κ3) is 6.81. The Morgan fingerprint density at radius 2 is 1.54 bits per heavy atom. The van der Waals surface area contributed by atoms with E-state index in [-0.39, 0.29) is 18.6 Å². The Bertz CT molecular complexity index is 1220. The maximum Gasteiger partial charge on any atom is 0.326 e. The second-order valence-corrected chi connectivity index (χ2v) is 8.10. The Labute approximate surface area is 199 Å². The topological polar surface area (TPSA) is 195 Å². The van der Waals surface area contributed by atoms with Gasteiger partial charge in [0.25, 0.3) is 0 Å². The van der Waals surface area contributed by atoms with Gasteiger partial charge in [0.2, 0.25) is 11.8 Å². The van der Waals surface area contributed by atoms with E-state index in [4.69, 9.17) is 10.8 Å². The molecule has 8 N–H and O–H groups in total. The van der Waals surface area contributed by atoms with Crippen molar-refractivity contribution in [1.29, 1.82) is 0 Å².